The predicted octanol–water partition coefficient (Wildman–Crippen LogP) is 4.00. The van der Waals surface area contributed by atoms with Crippen LogP contribution in [-0.2, 0) is 0 Å². The first-order valence-corrected chi connectivity index (χ1v) is 9.37. The molecule has 0 radical (unpaired) electrons. The summed E-state index contributed by atoms with van der Waals surface area (Å²) in [6, 6.07) is 7.45. The van der Waals surface area contributed by atoms with Gasteiger partial charge in [0.1, 0.15) is 23.7 Å². The summed E-state index contributed by atoms with van der Waals surface area (Å²) in [6.45, 7) is 5.85. The number of nitrogens with zero attached hydrogens (tertiary/aromatic N) is 2. The van der Waals surface area contributed by atoms with E-state index in [4.69, 9.17) is 9.15 Å². The molecule has 28 heavy (non-hydrogen) atoms. The molecule has 0 spiro atoms. The molecule has 1 aromatic carbocycles. The van der Waals surface area contributed by atoms with E-state index in [0.717, 1.165) is 24.2 Å². The fourth-order valence-electron chi connectivity index (χ4n) is 3.27. The predicted molar refractivity (Wildman–Crippen MR) is 107 cm³/mol. The number of aryl methyl sites for hydroxylation is 1. The SMILES string of the molecule is COc1cccc([C@@H](C)NC(=O)c2c(C)oc3ncnc(NC4(C)CC4)c23)c1. The van der Waals surface area contributed by atoms with Crippen LogP contribution in [0, 0.1) is 6.92 Å². The summed E-state index contributed by atoms with van der Waals surface area (Å²) in [4.78, 5) is 21.7. The quantitative estimate of drug-likeness (QED) is 0.672. The molecule has 1 aliphatic rings. The van der Waals surface area contributed by atoms with Crippen LogP contribution >= 0.6 is 0 Å². The lowest BCUT2D eigenvalue weighted by atomic mass is 10.1. The van der Waals surface area contributed by atoms with Crippen LogP contribution < -0.4 is 15.4 Å². The molecule has 0 saturated heterocycles. The van der Waals surface area contributed by atoms with Crippen molar-refractivity contribution < 1.29 is 13.9 Å². The van der Waals surface area contributed by atoms with Gasteiger partial charge in [-0.05, 0) is 51.3 Å². The minimum atomic E-state index is -0.217. The minimum absolute atomic E-state index is 0.0219. The number of amides is 1. The van der Waals surface area contributed by atoms with Crippen LogP contribution in [0.5, 0.6) is 5.75 Å². The van der Waals surface area contributed by atoms with Crippen LogP contribution in [-0.4, -0.2) is 28.5 Å². The number of benzene rings is 1. The zero-order valence-electron chi connectivity index (χ0n) is 16.5. The Bertz CT molecular complexity index is 1040. The van der Waals surface area contributed by atoms with Crippen molar-refractivity contribution in [1.82, 2.24) is 15.3 Å². The van der Waals surface area contributed by atoms with Crippen LogP contribution in [0.25, 0.3) is 11.1 Å². The fourth-order valence-corrected chi connectivity index (χ4v) is 3.27. The number of ether oxygens (including phenoxy) is 1. The van der Waals surface area contributed by atoms with E-state index in [1.54, 1.807) is 14.0 Å². The smallest absolute Gasteiger partial charge is 0.256 e. The van der Waals surface area contributed by atoms with Gasteiger partial charge in [0.2, 0.25) is 5.71 Å². The van der Waals surface area contributed by atoms with Gasteiger partial charge in [-0.3, -0.25) is 4.79 Å². The molecule has 4 rings (SSSR count). The van der Waals surface area contributed by atoms with Gasteiger partial charge >= 0.3 is 0 Å². The molecule has 1 aliphatic carbocycles. The van der Waals surface area contributed by atoms with E-state index >= 15 is 0 Å². The zero-order valence-corrected chi connectivity index (χ0v) is 16.5. The third kappa shape index (κ3) is 3.40. The lowest BCUT2D eigenvalue weighted by Crippen LogP contribution is -2.27. The molecule has 0 aliphatic heterocycles. The van der Waals surface area contributed by atoms with Gasteiger partial charge in [-0.25, -0.2) is 9.97 Å². The maximum absolute atomic E-state index is 13.1. The average molecular weight is 380 g/mol. The molecule has 0 bridgehead atoms. The first-order valence-electron chi connectivity index (χ1n) is 9.37. The molecule has 2 N–H and O–H groups in total. The van der Waals surface area contributed by atoms with Crippen LogP contribution in [0.3, 0.4) is 0 Å². The molecule has 1 fully saturated rings. The van der Waals surface area contributed by atoms with Crippen molar-refractivity contribution in [3.05, 3.63) is 47.5 Å². The van der Waals surface area contributed by atoms with Gasteiger partial charge in [-0.15, -0.1) is 0 Å². The standard InChI is InChI=1S/C21H24N4O3/c1-12(14-6-5-7-15(10-14)27-4)24-19(26)16-13(2)28-20-17(16)18(22-11-23-20)25-21(3)8-9-21/h5-7,10-12H,8-9H2,1-4H3,(H,24,26)(H,22,23,25)/t12-/m1/s1. The molecule has 146 valence electrons. The number of rotatable bonds is 6. The van der Waals surface area contributed by atoms with Crippen molar-refractivity contribution in [3.63, 3.8) is 0 Å². The van der Waals surface area contributed by atoms with Gasteiger partial charge in [-0.1, -0.05) is 12.1 Å². The Morgan fingerprint density at radius 3 is 2.82 bits per heavy atom. The Labute approximate surface area is 163 Å². The van der Waals surface area contributed by atoms with Crippen molar-refractivity contribution >= 4 is 22.8 Å². The van der Waals surface area contributed by atoms with Crippen LogP contribution in [0.1, 0.15) is 54.4 Å². The van der Waals surface area contributed by atoms with Gasteiger partial charge < -0.3 is 19.8 Å². The first-order chi connectivity index (χ1) is 13.4. The summed E-state index contributed by atoms with van der Waals surface area (Å²) in [6.07, 6.45) is 3.60. The number of nitrogens with one attached hydrogen (secondary N) is 2. The Morgan fingerprint density at radius 1 is 1.32 bits per heavy atom. The van der Waals surface area contributed by atoms with E-state index in [0.29, 0.717) is 28.2 Å². The van der Waals surface area contributed by atoms with E-state index < -0.39 is 0 Å². The number of carbonyl (C=O) groups is 1. The summed E-state index contributed by atoms with van der Waals surface area (Å²) in [5.74, 6) is 1.70. The average Bonchev–Trinajstić information content (AvgIpc) is 3.29. The first kappa shape index (κ1) is 18.3. The highest BCUT2D eigenvalue weighted by Gasteiger charge is 2.38. The highest BCUT2D eigenvalue weighted by atomic mass is 16.5. The number of carbonyl (C=O) groups excluding carboxylic acids is 1. The number of hydrogen-bond donors (Lipinski definition) is 2. The summed E-state index contributed by atoms with van der Waals surface area (Å²) < 4.78 is 11.0. The normalized spacial score (nSPS) is 15.9. The number of anilines is 1. The highest BCUT2D eigenvalue weighted by Crippen LogP contribution is 2.40. The number of aromatic nitrogens is 2. The maximum atomic E-state index is 13.1. The number of furan rings is 1. The molecular formula is C21H24N4O3. The number of fused-ring (bicyclic) bond motifs is 1. The second kappa shape index (κ2) is 6.82. The molecule has 1 amide bonds. The maximum Gasteiger partial charge on any atom is 0.256 e. The fraction of sp³-hybridized carbons (Fsp3) is 0.381. The van der Waals surface area contributed by atoms with Gasteiger partial charge in [0, 0.05) is 5.54 Å². The van der Waals surface area contributed by atoms with Crippen LogP contribution in [0.4, 0.5) is 5.82 Å². The highest BCUT2D eigenvalue weighted by molar-refractivity contribution is 6.10. The molecule has 1 atom stereocenters. The molecule has 0 unspecified atom stereocenters. The molecule has 1 saturated carbocycles. The molecule has 3 aromatic rings. The molecule has 7 nitrogen and oxygen atoms in total. The van der Waals surface area contributed by atoms with Gasteiger partial charge in [0.05, 0.1) is 24.1 Å². The monoisotopic (exact) mass is 380 g/mol. The Morgan fingerprint density at radius 2 is 2.11 bits per heavy atom. The van der Waals surface area contributed by atoms with E-state index in [9.17, 15) is 4.79 Å². The second-order valence-electron chi connectivity index (χ2n) is 7.59. The molecule has 2 aromatic heterocycles. The van der Waals surface area contributed by atoms with Gasteiger partial charge in [-0.2, -0.15) is 0 Å². The van der Waals surface area contributed by atoms with Crippen molar-refractivity contribution in [2.24, 2.45) is 0 Å². The van der Waals surface area contributed by atoms with E-state index in [-0.39, 0.29) is 17.5 Å². The topological polar surface area (TPSA) is 89.3 Å². The van der Waals surface area contributed by atoms with E-state index in [1.165, 1.54) is 6.33 Å². The molecule has 7 heteroatoms. The number of hydrogen-bond acceptors (Lipinski definition) is 6. The van der Waals surface area contributed by atoms with Crippen LogP contribution in [0.2, 0.25) is 0 Å². The Hall–Kier alpha value is -3.09. The Balaban J connectivity index is 1.66. The van der Waals surface area contributed by atoms with E-state index in [2.05, 4.69) is 27.5 Å². The summed E-state index contributed by atoms with van der Waals surface area (Å²) in [7, 11) is 1.62. The lowest BCUT2D eigenvalue weighted by Gasteiger charge is -2.16. The zero-order chi connectivity index (χ0) is 19.9. The minimum Gasteiger partial charge on any atom is -0.497 e. The van der Waals surface area contributed by atoms with Crippen LogP contribution in [0.15, 0.2) is 35.0 Å². The third-order valence-corrected chi connectivity index (χ3v) is 5.25. The summed E-state index contributed by atoms with van der Waals surface area (Å²) >= 11 is 0. The van der Waals surface area contributed by atoms with Gasteiger partial charge in [0.15, 0.2) is 0 Å². The third-order valence-electron chi connectivity index (χ3n) is 5.25. The second-order valence-corrected chi connectivity index (χ2v) is 7.59. The van der Waals surface area contributed by atoms with Gasteiger partial charge in [0.25, 0.3) is 5.91 Å². The summed E-state index contributed by atoms with van der Waals surface area (Å²) in [5, 5.41) is 7.12. The largest absolute Gasteiger partial charge is 0.497 e. The van der Waals surface area contributed by atoms with Crippen molar-refractivity contribution in [2.75, 3.05) is 12.4 Å². The molecular weight excluding hydrogens is 356 g/mol. The van der Waals surface area contributed by atoms with Crippen molar-refractivity contribution in [2.45, 2.75) is 45.2 Å². The van der Waals surface area contributed by atoms with Crippen molar-refractivity contribution in [1.29, 1.82) is 0 Å². The summed E-state index contributed by atoms with van der Waals surface area (Å²) in [5.41, 5.74) is 1.86. The lowest BCUT2D eigenvalue weighted by molar-refractivity contribution is 0.0939. The Kier molecular flexibility index (Phi) is 4.45. The van der Waals surface area contributed by atoms with Crippen molar-refractivity contribution in [3.8, 4) is 5.75 Å². The van der Waals surface area contributed by atoms with E-state index in [1.807, 2.05) is 31.2 Å². The molecule has 2 heterocycles. The number of methoxy groups -OCH3 is 1.